The first-order valence-electron chi connectivity index (χ1n) is 11.2. The number of nitrogens with zero attached hydrogens (tertiary/aromatic N) is 1. The summed E-state index contributed by atoms with van der Waals surface area (Å²) in [5, 5.41) is 13.2. The lowest BCUT2D eigenvalue weighted by Crippen LogP contribution is -2.49. The molecule has 0 unspecified atom stereocenters. The summed E-state index contributed by atoms with van der Waals surface area (Å²) in [6, 6.07) is 16.2. The van der Waals surface area contributed by atoms with Crippen LogP contribution in [0.15, 0.2) is 48.5 Å². The lowest BCUT2D eigenvalue weighted by Gasteiger charge is -2.35. The highest BCUT2D eigenvalue weighted by atomic mass is 16.5. The number of methoxy groups -OCH3 is 1. The first kappa shape index (κ1) is 21.8. The molecule has 0 saturated carbocycles. The molecule has 2 aliphatic rings. The third kappa shape index (κ3) is 5.64. The zero-order valence-corrected chi connectivity index (χ0v) is 18.1. The molecule has 0 spiro atoms. The summed E-state index contributed by atoms with van der Waals surface area (Å²) >= 11 is 0. The molecule has 1 saturated heterocycles. The van der Waals surface area contributed by atoms with E-state index in [1.165, 1.54) is 11.1 Å². The van der Waals surface area contributed by atoms with Gasteiger partial charge in [0.1, 0.15) is 5.75 Å². The van der Waals surface area contributed by atoms with E-state index in [-0.39, 0.29) is 12.0 Å². The van der Waals surface area contributed by atoms with Gasteiger partial charge in [-0.15, -0.1) is 0 Å². The summed E-state index contributed by atoms with van der Waals surface area (Å²) in [7, 11) is 1.62. The third-order valence-electron chi connectivity index (χ3n) is 6.33. The third-order valence-corrected chi connectivity index (χ3v) is 6.33. The number of amides is 1. The van der Waals surface area contributed by atoms with Crippen LogP contribution in [-0.4, -0.2) is 54.4 Å². The Bertz CT molecular complexity index is 870. The SMILES string of the molecule is COc1ccc(CNC(=O)[C@H]2O[C@H](CCN3CCc4ccccc4C3)CC[C@@H]2O)cc1. The number of benzene rings is 2. The van der Waals surface area contributed by atoms with Gasteiger partial charge in [0.2, 0.25) is 0 Å². The normalized spacial score (nSPS) is 23.7. The van der Waals surface area contributed by atoms with E-state index in [2.05, 4.69) is 34.5 Å². The van der Waals surface area contributed by atoms with Gasteiger partial charge in [-0.3, -0.25) is 9.69 Å². The summed E-state index contributed by atoms with van der Waals surface area (Å²) < 4.78 is 11.2. The van der Waals surface area contributed by atoms with Gasteiger partial charge in [0, 0.05) is 26.2 Å². The quantitative estimate of drug-likeness (QED) is 0.715. The number of fused-ring (bicyclic) bond motifs is 1. The largest absolute Gasteiger partial charge is 0.497 e. The molecule has 31 heavy (non-hydrogen) atoms. The number of carbonyl (C=O) groups is 1. The number of hydrogen-bond donors (Lipinski definition) is 2. The molecule has 1 amide bonds. The molecular formula is C25H32N2O4. The standard InChI is InChI=1S/C25H32N2O4/c1-30-21-8-6-18(7-9-21)16-26-25(29)24-23(28)11-10-22(31-24)13-15-27-14-12-19-4-2-3-5-20(19)17-27/h2-9,22-24,28H,10-17H2,1H3,(H,26,29)/t22-,23-,24-/m0/s1. The average Bonchev–Trinajstić information content (AvgIpc) is 2.82. The second-order valence-corrected chi connectivity index (χ2v) is 8.47. The molecule has 2 aromatic carbocycles. The summed E-state index contributed by atoms with van der Waals surface area (Å²) in [4.78, 5) is 15.1. The lowest BCUT2D eigenvalue weighted by molar-refractivity contribution is -0.158. The highest BCUT2D eigenvalue weighted by Gasteiger charge is 2.35. The van der Waals surface area contributed by atoms with Crippen molar-refractivity contribution in [3.05, 3.63) is 65.2 Å². The van der Waals surface area contributed by atoms with Gasteiger partial charge in [-0.2, -0.15) is 0 Å². The summed E-state index contributed by atoms with van der Waals surface area (Å²) in [5.74, 6) is 0.529. The molecule has 0 aromatic heterocycles. The first-order chi connectivity index (χ1) is 15.1. The van der Waals surface area contributed by atoms with Gasteiger partial charge < -0.3 is 19.9 Å². The fourth-order valence-corrected chi connectivity index (χ4v) is 4.43. The van der Waals surface area contributed by atoms with Gasteiger partial charge in [0.25, 0.3) is 5.91 Å². The Balaban J connectivity index is 1.25. The van der Waals surface area contributed by atoms with Crippen molar-refractivity contribution in [2.45, 2.75) is 57.1 Å². The first-order valence-corrected chi connectivity index (χ1v) is 11.2. The number of carbonyl (C=O) groups excluding carboxylic acids is 1. The average molecular weight is 425 g/mol. The Morgan fingerprint density at radius 3 is 2.71 bits per heavy atom. The number of rotatable bonds is 7. The van der Waals surface area contributed by atoms with E-state index in [0.29, 0.717) is 13.0 Å². The number of hydrogen-bond acceptors (Lipinski definition) is 5. The lowest BCUT2D eigenvalue weighted by atomic mass is 9.97. The van der Waals surface area contributed by atoms with Gasteiger partial charge in [-0.05, 0) is 54.5 Å². The van der Waals surface area contributed by atoms with Crippen LogP contribution < -0.4 is 10.1 Å². The topological polar surface area (TPSA) is 71.0 Å². The van der Waals surface area contributed by atoms with E-state index in [1.807, 2.05) is 24.3 Å². The van der Waals surface area contributed by atoms with Crippen LogP contribution in [0, 0.1) is 0 Å². The van der Waals surface area contributed by atoms with Crippen molar-refractivity contribution >= 4 is 5.91 Å². The molecular weight excluding hydrogens is 392 g/mol. The number of aliphatic hydroxyl groups is 1. The summed E-state index contributed by atoms with van der Waals surface area (Å²) in [5.41, 5.74) is 3.83. The maximum Gasteiger partial charge on any atom is 0.252 e. The van der Waals surface area contributed by atoms with Crippen molar-refractivity contribution in [1.82, 2.24) is 10.2 Å². The number of nitrogens with one attached hydrogen (secondary N) is 1. The number of aliphatic hydroxyl groups excluding tert-OH is 1. The fraction of sp³-hybridized carbons (Fsp3) is 0.480. The van der Waals surface area contributed by atoms with E-state index >= 15 is 0 Å². The van der Waals surface area contributed by atoms with Gasteiger partial charge in [-0.25, -0.2) is 0 Å². The predicted molar refractivity (Wildman–Crippen MR) is 119 cm³/mol. The van der Waals surface area contributed by atoms with Gasteiger partial charge >= 0.3 is 0 Å². The van der Waals surface area contributed by atoms with Crippen LogP contribution in [0.1, 0.15) is 36.0 Å². The molecule has 2 N–H and O–H groups in total. The smallest absolute Gasteiger partial charge is 0.252 e. The molecule has 6 heteroatoms. The van der Waals surface area contributed by atoms with Crippen LogP contribution in [0.3, 0.4) is 0 Å². The molecule has 0 radical (unpaired) electrons. The highest BCUT2D eigenvalue weighted by molar-refractivity contribution is 5.81. The van der Waals surface area contributed by atoms with Crippen LogP contribution in [0.5, 0.6) is 5.75 Å². The monoisotopic (exact) mass is 424 g/mol. The Morgan fingerprint density at radius 1 is 1.16 bits per heavy atom. The van der Waals surface area contributed by atoms with E-state index in [0.717, 1.165) is 50.2 Å². The van der Waals surface area contributed by atoms with Crippen LogP contribution in [0.4, 0.5) is 0 Å². The van der Waals surface area contributed by atoms with Crippen LogP contribution in [0.2, 0.25) is 0 Å². The van der Waals surface area contributed by atoms with Crippen molar-refractivity contribution in [2.24, 2.45) is 0 Å². The number of ether oxygens (including phenoxy) is 2. The fourth-order valence-electron chi connectivity index (χ4n) is 4.43. The summed E-state index contributed by atoms with van der Waals surface area (Å²) in [6.07, 6.45) is 1.76. The molecule has 4 rings (SSSR count). The predicted octanol–water partition coefficient (Wildman–Crippen LogP) is 2.67. The van der Waals surface area contributed by atoms with Crippen molar-refractivity contribution in [2.75, 3.05) is 20.2 Å². The highest BCUT2D eigenvalue weighted by Crippen LogP contribution is 2.24. The second kappa shape index (κ2) is 10.3. The second-order valence-electron chi connectivity index (χ2n) is 8.47. The van der Waals surface area contributed by atoms with E-state index < -0.39 is 12.2 Å². The van der Waals surface area contributed by atoms with Crippen LogP contribution in [-0.2, 0) is 29.0 Å². The van der Waals surface area contributed by atoms with Crippen molar-refractivity contribution in [1.29, 1.82) is 0 Å². The Morgan fingerprint density at radius 2 is 1.94 bits per heavy atom. The van der Waals surface area contributed by atoms with Gasteiger partial charge in [0.15, 0.2) is 6.10 Å². The molecule has 0 bridgehead atoms. The van der Waals surface area contributed by atoms with Crippen molar-refractivity contribution in [3.63, 3.8) is 0 Å². The maximum absolute atomic E-state index is 12.7. The molecule has 2 heterocycles. The Labute approximate surface area is 184 Å². The van der Waals surface area contributed by atoms with E-state index in [4.69, 9.17) is 9.47 Å². The van der Waals surface area contributed by atoms with E-state index in [9.17, 15) is 9.90 Å². The van der Waals surface area contributed by atoms with Crippen LogP contribution >= 0.6 is 0 Å². The minimum Gasteiger partial charge on any atom is -0.497 e. The zero-order valence-electron chi connectivity index (χ0n) is 18.1. The molecule has 1 fully saturated rings. The molecule has 2 aromatic rings. The van der Waals surface area contributed by atoms with Crippen LogP contribution in [0.25, 0.3) is 0 Å². The molecule has 3 atom stereocenters. The van der Waals surface area contributed by atoms with Crippen molar-refractivity contribution < 1.29 is 19.4 Å². The van der Waals surface area contributed by atoms with Crippen molar-refractivity contribution in [3.8, 4) is 5.75 Å². The summed E-state index contributed by atoms with van der Waals surface area (Å²) in [6.45, 7) is 3.36. The minimum atomic E-state index is -0.806. The Hall–Kier alpha value is -2.41. The molecule has 6 nitrogen and oxygen atoms in total. The van der Waals surface area contributed by atoms with Gasteiger partial charge in [-0.1, -0.05) is 36.4 Å². The van der Waals surface area contributed by atoms with E-state index in [1.54, 1.807) is 7.11 Å². The molecule has 0 aliphatic carbocycles. The molecule has 2 aliphatic heterocycles. The Kier molecular flexibility index (Phi) is 7.22. The van der Waals surface area contributed by atoms with Gasteiger partial charge in [0.05, 0.1) is 19.3 Å². The maximum atomic E-state index is 12.7. The minimum absolute atomic E-state index is 0.00249. The zero-order chi connectivity index (χ0) is 21.6. The molecule has 166 valence electrons.